The lowest BCUT2D eigenvalue weighted by atomic mass is 9.86. The van der Waals surface area contributed by atoms with Gasteiger partial charge in [0.15, 0.2) is 0 Å². The number of hydrogen-bond donors (Lipinski definition) is 3. The average Bonchev–Trinajstić information content (AvgIpc) is 3.08. The molecule has 0 atom stereocenters. The number of rotatable bonds is 1. The van der Waals surface area contributed by atoms with E-state index in [4.69, 9.17) is 0 Å². The van der Waals surface area contributed by atoms with E-state index < -0.39 is 5.41 Å². The second kappa shape index (κ2) is 3.47. The number of anilines is 1. The number of carbonyl (C=O) groups excluding carboxylic acids is 1. The monoisotopic (exact) mass is 267 g/mol. The van der Waals surface area contributed by atoms with Crippen LogP contribution < -0.4 is 5.32 Å². The molecule has 0 aliphatic carbocycles. The molecule has 0 bridgehead atoms. The van der Waals surface area contributed by atoms with Gasteiger partial charge in [-0.2, -0.15) is 5.10 Å². The summed E-state index contributed by atoms with van der Waals surface area (Å²) in [6, 6.07) is 3.91. The first kappa shape index (κ1) is 11.2. The summed E-state index contributed by atoms with van der Waals surface area (Å²) in [7, 11) is 0. The summed E-state index contributed by atoms with van der Waals surface area (Å²) in [5, 5.41) is 9.61. The lowest BCUT2D eigenvalue weighted by Crippen LogP contribution is -2.26. The number of imidazole rings is 1. The van der Waals surface area contributed by atoms with Crippen LogP contribution in [0, 0.1) is 0 Å². The third-order valence-corrected chi connectivity index (χ3v) is 3.88. The van der Waals surface area contributed by atoms with Crippen LogP contribution in [-0.2, 0) is 10.2 Å². The highest BCUT2D eigenvalue weighted by Crippen LogP contribution is 2.39. The van der Waals surface area contributed by atoms with Crippen molar-refractivity contribution in [3.63, 3.8) is 0 Å². The molecule has 1 aromatic carbocycles. The summed E-state index contributed by atoms with van der Waals surface area (Å²) in [5.41, 5.74) is 3.99. The zero-order valence-electron chi connectivity index (χ0n) is 11.1. The van der Waals surface area contributed by atoms with Gasteiger partial charge in [0.25, 0.3) is 0 Å². The van der Waals surface area contributed by atoms with Gasteiger partial charge in [0.05, 0.1) is 28.2 Å². The Hall–Kier alpha value is -2.63. The van der Waals surface area contributed by atoms with Crippen molar-refractivity contribution in [3.8, 4) is 11.4 Å². The minimum Gasteiger partial charge on any atom is -0.338 e. The lowest BCUT2D eigenvalue weighted by molar-refractivity contribution is -0.119. The van der Waals surface area contributed by atoms with E-state index >= 15 is 0 Å². The van der Waals surface area contributed by atoms with E-state index in [0.717, 1.165) is 33.7 Å². The minimum absolute atomic E-state index is 0.0233. The van der Waals surface area contributed by atoms with Crippen LogP contribution in [0.15, 0.2) is 24.5 Å². The molecule has 20 heavy (non-hydrogen) atoms. The fourth-order valence-electron chi connectivity index (χ4n) is 2.60. The third-order valence-electron chi connectivity index (χ3n) is 3.88. The number of fused-ring (bicyclic) bond motifs is 2. The standard InChI is InChI=1S/C14H13N5O/c1-14(2)8-3-10-11(4-9(8)19-13(14)20)18-12(17-10)7-5-15-16-6-7/h3-6H,1-2H3,(H,15,16)(H,17,18)(H,19,20). The Bertz CT molecular complexity index is 829. The highest BCUT2D eigenvalue weighted by molar-refractivity contribution is 6.07. The molecule has 100 valence electrons. The predicted molar refractivity (Wildman–Crippen MR) is 75.3 cm³/mol. The molecule has 4 rings (SSSR count). The third kappa shape index (κ3) is 1.36. The smallest absolute Gasteiger partial charge is 0.234 e. The fraction of sp³-hybridized carbons (Fsp3) is 0.214. The van der Waals surface area contributed by atoms with Crippen LogP contribution in [0.2, 0.25) is 0 Å². The molecular weight excluding hydrogens is 254 g/mol. The quantitative estimate of drug-likeness (QED) is 0.631. The van der Waals surface area contributed by atoms with Crippen molar-refractivity contribution in [2.75, 3.05) is 5.32 Å². The molecule has 0 spiro atoms. The van der Waals surface area contributed by atoms with Crippen molar-refractivity contribution in [1.82, 2.24) is 20.2 Å². The SMILES string of the molecule is CC1(C)C(=O)Nc2cc3[nH]c(-c4cn[nH]c4)nc3cc21. The van der Waals surface area contributed by atoms with Gasteiger partial charge in [-0.1, -0.05) is 0 Å². The molecule has 0 unspecified atom stereocenters. The molecule has 0 saturated carbocycles. The van der Waals surface area contributed by atoms with Gasteiger partial charge in [0, 0.05) is 11.9 Å². The summed E-state index contributed by atoms with van der Waals surface area (Å²) in [6.07, 6.45) is 3.51. The van der Waals surface area contributed by atoms with Crippen LogP contribution in [0.5, 0.6) is 0 Å². The van der Waals surface area contributed by atoms with E-state index in [0.29, 0.717) is 0 Å². The first-order valence-electron chi connectivity index (χ1n) is 6.40. The van der Waals surface area contributed by atoms with Crippen LogP contribution in [0.1, 0.15) is 19.4 Å². The molecule has 6 nitrogen and oxygen atoms in total. The lowest BCUT2D eigenvalue weighted by Gasteiger charge is -2.14. The maximum Gasteiger partial charge on any atom is 0.234 e. The van der Waals surface area contributed by atoms with E-state index in [-0.39, 0.29) is 5.91 Å². The number of H-pyrrole nitrogens is 2. The summed E-state index contributed by atoms with van der Waals surface area (Å²) in [5.74, 6) is 0.789. The Morgan fingerprint density at radius 2 is 2.10 bits per heavy atom. The molecule has 0 saturated heterocycles. The Kier molecular flexibility index (Phi) is 1.95. The van der Waals surface area contributed by atoms with Gasteiger partial charge in [0.1, 0.15) is 5.82 Å². The molecule has 0 fully saturated rings. The number of benzene rings is 1. The van der Waals surface area contributed by atoms with Crippen LogP contribution in [0.4, 0.5) is 5.69 Å². The highest BCUT2D eigenvalue weighted by Gasteiger charge is 2.38. The molecular formula is C14H13N5O. The first-order valence-corrected chi connectivity index (χ1v) is 6.40. The highest BCUT2D eigenvalue weighted by atomic mass is 16.2. The molecule has 3 aromatic rings. The molecule has 6 heteroatoms. The van der Waals surface area contributed by atoms with Crippen molar-refractivity contribution in [2.45, 2.75) is 19.3 Å². The Balaban J connectivity index is 1.93. The number of hydrogen-bond acceptors (Lipinski definition) is 3. The van der Waals surface area contributed by atoms with Gasteiger partial charge >= 0.3 is 0 Å². The summed E-state index contributed by atoms with van der Waals surface area (Å²) in [4.78, 5) is 19.8. The molecule has 1 aliphatic heterocycles. The predicted octanol–water partition coefficient (Wildman–Crippen LogP) is 2.18. The van der Waals surface area contributed by atoms with Crippen molar-refractivity contribution < 1.29 is 4.79 Å². The van der Waals surface area contributed by atoms with E-state index in [1.807, 2.05) is 26.0 Å². The normalized spacial score (nSPS) is 16.4. The average molecular weight is 267 g/mol. The van der Waals surface area contributed by atoms with Gasteiger partial charge < -0.3 is 10.3 Å². The number of aromatic amines is 2. The molecule has 0 radical (unpaired) electrons. The number of nitrogens with zero attached hydrogens (tertiary/aromatic N) is 2. The number of aromatic nitrogens is 4. The zero-order valence-corrected chi connectivity index (χ0v) is 11.1. The minimum atomic E-state index is -0.516. The van der Waals surface area contributed by atoms with E-state index in [9.17, 15) is 4.79 Å². The van der Waals surface area contributed by atoms with Crippen LogP contribution in [-0.4, -0.2) is 26.1 Å². The van der Waals surface area contributed by atoms with E-state index in [1.54, 1.807) is 12.4 Å². The van der Waals surface area contributed by atoms with Crippen molar-refractivity contribution in [2.24, 2.45) is 0 Å². The summed E-state index contributed by atoms with van der Waals surface area (Å²) >= 11 is 0. The Labute approximate surface area is 114 Å². The van der Waals surface area contributed by atoms with Crippen molar-refractivity contribution in [3.05, 3.63) is 30.1 Å². The largest absolute Gasteiger partial charge is 0.338 e. The van der Waals surface area contributed by atoms with E-state index in [1.165, 1.54) is 0 Å². The zero-order chi connectivity index (χ0) is 13.9. The number of nitrogens with one attached hydrogen (secondary N) is 3. The molecule has 3 N–H and O–H groups in total. The van der Waals surface area contributed by atoms with Crippen LogP contribution >= 0.6 is 0 Å². The van der Waals surface area contributed by atoms with Gasteiger partial charge in [-0.25, -0.2) is 4.98 Å². The number of carbonyl (C=O) groups is 1. The molecule has 1 aliphatic rings. The topological polar surface area (TPSA) is 86.5 Å². The second-order valence-electron chi connectivity index (χ2n) is 5.57. The van der Waals surface area contributed by atoms with Gasteiger partial charge in [0.2, 0.25) is 5.91 Å². The maximum atomic E-state index is 12.0. The molecule has 3 heterocycles. The molecule has 1 amide bonds. The molecule has 2 aromatic heterocycles. The van der Waals surface area contributed by atoms with Crippen molar-refractivity contribution in [1.29, 1.82) is 0 Å². The van der Waals surface area contributed by atoms with E-state index in [2.05, 4.69) is 25.5 Å². The van der Waals surface area contributed by atoms with Gasteiger partial charge in [-0.15, -0.1) is 0 Å². The first-order chi connectivity index (χ1) is 9.55. The fourth-order valence-corrected chi connectivity index (χ4v) is 2.60. The van der Waals surface area contributed by atoms with Gasteiger partial charge in [-0.05, 0) is 31.5 Å². The Morgan fingerprint density at radius 1 is 1.25 bits per heavy atom. The maximum absolute atomic E-state index is 12.0. The summed E-state index contributed by atoms with van der Waals surface area (Å²) in [6.45, 7) is 3.84. The second-order valence-corrected chi connectivity index (χ2v) is 5.57. The number of amides is 1. The Morgan fingerprint density at radius 3 is 2.85 bits per heavy atom. The van der Waals surface area contributed by atoms with Crippen molar-refractivity contribution >= 4 is 22.6 Å². The van der Waals surface area contributed by atoms with Gasteiger partial charge in [-0.3, -0.25) is 9.89 Å². The van der Waals surface area contributed by atoms with Crippen LogP contribution in [0.3, 0.4) is 0 Å². The van der Waals surface area contributed by atoms with Crippen LogP contribution in [0.25, 0.3) is 22.4 Å². The summed E-state index contributed by atoms with van der Waals surface area (Å²) < 4.78 is 0.